The molecule has 0 spiro atoms. The maximum Gasteiger partial charge on any atom is 0.183 e. The number of hydrogen-bond acceptors (Lipinski definition) is 4. The molecule has 0 bridgehead atoms. The molecule has 1 heterocycles. The molecule has 3 aromatic rings. The summed E-state index contributed by atoms with van der Waals surface area (Å²) in [5, 5.41) is 13.5. The van der Waals surface area contributed by atoms with Crippen LogP contribution in [-0.2, 0) is 0 Å². The van der Waals surface area contributed by atoms with Crippen LogP contribution in [0.3, 0.4) is 0 Å². The van der Waals surface area contributed by atoms with E-state index in [0.717, 1.165) is 26.8 Å². The van der Waals surface area contributed by atoms with Crippen molar-refractivity contribution in [1.82, 2.24) is 4.98 Å². The number of benzene rings is 2. The Kier molecular flexibility index (Phi) is 4.51. The summed E-state index contributed by atoms with van der Waals surface area (Å²) < 4.78 is 0. The highest BCUT2D eigenvalue weighted by Crippen LogP contribution is 2.38. The molecule has 3 rings (SSSR count). The molecule has 1 atom stereocenters. The number of rotatable bonds is 5. The largest absolute Gasteiger partial charge is 0.392 e. The van der Waals surface area contributed by atoms with E-state index in [1.165, 1.54) is 0 Å². The van der Waals surface area contributed by atoms with E-state index < -0.39 is 6.10 Å². The third-order valence-electron chi connectivity index (χ3n) is 3.26. The maximum atomic E-state index is 9.44. The minimum Gasteiger partial charge on any atom is -0.392 e. The molecule has 0 amide bonds. The van der Waals surface area contributed by atoms with Crippen molar-refractivity contribution in [2.24, 2.45) is 0 Å². The second-order valence-electron chi connectivity index (χ2n) is 5.16. The van der Waals surface area contributed by atoms with E-state index in [0.29, 0.717) is 6.54 Å². The molecular weight excluding hydrogens is 292 g/mol. The van der Waals surface area contributed by atoms with E-state index in [4.69, 9.17) is 4.98 Å². The highest BCUT2D eigenvalue weighted by molar-refractivity contribution is 7.19. The zero-order chi connectivity index (χ0) is 15.4. The van der Waals surface area contributed by atoms with Crippen molar-refractivity contribution in [3.63, 3.8) is 0 Å². The van der Waals surface area contributed by atoms with Crippen LogP contribution in [0.15, 0.2) is 60.7 Å². The van der Waals surface area contributed by atoms with Gasteiger partial charge in [0.05, 0.1) is 16.7 Å². The van der Waals surface area contributed by atoms with Crippen LogP contribution >= 0.6 is 11.3 Å². The van der Waals surface area contributed by atoms with E-state index in [2.05, 4.69) is 29.6 Å². The van der Waals surface area contributed by atoms with Gasteiger partial charge in [0.25, 0.3) is 0 Å². The van der Waals surface area contributed by atoms with Crippen molar-refractivity contribution in [2.45, 2.75) is 13.0 Å². The lowest BCUT2D eigenvalue weighted by molar-refractivity contribution is 0.208. The Bertz CT molecular complexity index is 666. The van der Waals surface area contributed by atoms with E-state index in [-0.39, 0.29) is 0 Å². The molecule has 4 heteroatoms. The van der Waals surface area contributed by atoms with Gasteiger partial charge in [-0.3, -0.25) is 0 Å². The molecule has 0 aliphatic heterocycles. The van der Waals surface area contributed by atoms with Crippen molar-refractivity contribution >= 4 is 16.5 Å². The van der Waals surface area contributed by atoms with E-state index in [1.54, 1.807) is 18.3 Å². The monoisotopic (exact) mass is 310 g/mol. The standard InChI is InChI=1S/C18H18N2OS/c1-13(21)12-19-18-20-16(14-8-4-2-5-9-14)17(22-18)15-10-6-3-7-11-15/h2-11,13,21H,12H2,1H3,(H,19,20). The number of nitrogens with zero attached hydrogens (tertiary/aromatic N) is 1. The van der Waals surface area contributed by atoms with Gasteiger partial charge in [-0.1, -0.05) is 72.0 Å². The van der Waals surface area contributed by atoms with Crippen molar-refractivity contribution in [3.8, 4) is 21.7 Å². The van der Waals surface area contributed by atoms with Crippen molar-refractivity contribution in [1.29, 1.82) is 0 Å². The van der Waals surface area contributed by atoms with Gasteiger partial charge in [0.15, 0.2) is 5.13 Å². The second kappa shape index (κ2) is 6.73. The van der Waals surface area contributed by atoms with E-state index in [1.807, 2.05) is 36.4 Å². The van der Waals surface area contributed by atoms with Gasteiger partial charge in [-0.05, 0) is 12.5 Å². The van der Waals surface area contributed by atoms with Gasteiger partial charge < -0.3 is 10.4 Å². The predicted molar refractivity (Wildman–Crippen MR) is 93.2 cm³/mol. The average Bonchev–Trinajstić information content (AvgIpc) is 2.99. The van der Waals surface area contributed by atoms with E-state index in [9.17, 15) is 5.11 Å². The molecule has 3 nitrogen and oxygen atoms in total. The van der Waals surface area contributed by atoms with Crippen molar-refractivity contribution in [2.75, 3.05) is 11.9 Å². The van der Waals surface area contributed by atoms with E-state index >= 15 is 0 Å². The first-order chi connectivity index (χ1) is 10.7. The molecule has 0 radical (unpaired) electrons. The number of thiazole rings is 1. The minimum absolute atomic E-state index is 0.399. The lowest BCUT2D eigenvalue weighted by Gasteiger charge is -2.03. The maximum absolute atomic E-state index is 9.44. The Morgan fingerprint density at radius 3 is 2.18 bits per heavy atom. The Balaban J connectivity index is 2.03. The van der Waals surface area contributed by atoms with Crippen LogP contribution in [0.2, 0.25) is 0 Å². The van der Waals surface area contributed by atoms with Gasteiger partial charge in [-0.2, -0.15) is 0 Å². The first kappa shape index (κ1) is 14.8. The summed E-state index contributed by atoms with van der Waals surface area (Å²) in [4.78, 5) is 5.86. The first-order valence-corrected chi connectivity index (χ1v) is 8.09. The number of aliphatic hydroxyl groups is 1. The molecule has 1 aromatic heterocycles. The Labute approximate surface area is 134 Å². The van der Waals surface area contributed by atoms with Crippen LogP contribution in [0.1, 0.15) is 6.92 Å². The summed E-state index contributed by atoms with van der Waals surface area (Å²) in [5.41, 5.74) is 3.23. The lowest BCUT2D eigenvalue weighted by atomic mass is 10.1. The SMILES string of the molecule is CC(O)CNc1nc(-c2ccccc2)c(-c2ccccc2)s1. The zero-order valence-electron chi connectivity index (χ0n) is 12.4. The average molecular weight is 310 g/mol. The molecular formula is C18H18N2OS. The summed E-state index contributed by atoms with van der Waals surface area (Å²) in [7, 11) is 0. The molecule has 0 fully saturated rings. The van der Waals surface area contributed by atoms with Crippen LogP contribution in [0, 0.1) is 0 Å². The van der Waals surface area contributed by atoms with Crippen molar-refractivity contribution in [3.05, 3.63) is 60.7 Å². The summed E-state index contributed by atoms with van der Waals surface area (Å²) in [5.74, 6) is 0. The van der Waals surface area contributed by atoms with Gasteiger partial charge >= 0.3 is 0 Å². The smallest absolute Gasteiger partial charge is 0.183 e. The molecule has 0 aliphatic rings. The van der Waals surface area contributed by atoms with Gasteiger partial charge in [-0.25, -0.2) is 4.98 Å². The van der Waals surface area contributed by atoms with Crippen molar-refractivity contribution < 1.29 is 5.11 Å². The highest BCUT2D eigenvalue weighted by Gasteiger charge is 2.14. The molecule has 0 saturated carbocycles. The topological polar surface area (TPSA) is 45.1 Å². The highest BCUT2D eigenvalue weighted by atomic mass is 32.1. The molecule has 2 aromatic carbocycles. The summed E-state index contributed by atoms with van der Waals surface area (Å²) in [6.07, 6.45) is -0.399. The van der Waals surface area contributed by atoms with Gasteiger partial charge in [0, 0.05) is 12.1 Å². The normalized spacial score (nSPS) is 12.1. The van der Waals surface area contributed by atoms with Crippen LogP contribution < -0.4 is 5.32 Å². The van der Waals surface area contributed by atoms with Gasteiger partial charge in [0.2, 0.25) is 0 Å². The third-order valence-corrected chi connectivity index (χ3v) is 4.32. The minimum atomic E-state index is -0.399. The fraction of sp³-hybridized carbons (Fsp3) is 0.167. The zero-order valence-corrected chi connectivity index (χ0v) is 13.2. The number of anilines is 1. The molecule has 0 saturated heterocycles. The quantitative estimate of drug-likeness (QED) is 0.739. The number of aliphatic hydroxyl groups excluding tert-OH is 1. The summed E-state index contributed by atoms with van der Waals surface area (Å²) in [6.45, 7) is 2.26. The fourth-order valence-electron chi connectivity index (χ4n) is 2.21. The first-order valence-electron chi connectivity index (χ1n) is 7.27. The van der Waals surface area contributed by atoms with Gasteiger partial charge in [0.1, 0.15) is 0 Å². The van der Waals surface area contributed by atoms with Crippen LogP contribution in [0.25, 0.3) is 21.7 Å². The fourth-order valence-corrected chi connectivity index (χ4v) is 3.21. The Hall–Kier alpha value is -2.17. The number of hydrogen-bond donors (Lipinski definition) is 2. The third kappa shape index (κ3) is 3.35. The molecule has 0 aliphatic carbocycles. The molecule has 22 heavy (non-hydrogen) atoms. The predicted octanol–water partition coefficient (Wildman–Crippen LogP) is 4.27. The number of aromatic nitrogens is 1. The second-order valence-corrected chi connectivity index (χ2v) is 6.16. The van der Waals surface area contributed by atoms with Crippen LogP contribution in [0.4, 0.5) is 5.13 Å². The summed E-state index contributed by atoms with van der Waals surface area (Å²) in [6, 6.07) is 20.5. The number of nitrogens with one attached hydrogen (secondary N) is 1. The molecule has 1 unspecified atom stereocenters. The van der Waals surface area contributed by atoms with Crippen LogP contribution in [-0.4, -0.2) is 22.7 Å². The summed E-state index contributed by atoms with van der Waals surface area (Å²) >= 11 is 1.62. The molecule has 2 N–H and O–H groups in total. The lowest BCUT2D eigenvalue weighted by Crippen LogP contribution is -2.14. The van der Waals surface area contributed by atoms with Crippen LogP contribution in [0.5, 0.6) is 0 Å². The Morgan fingerprint density at radius 1 is 1.00 bits per heavy atom. The van der Waals surface area contributed by atoms with Gasteiger partial charge in [-0.15, -0.1) is 0 Å². The Morgan fingerprint density at radius 2 is 1.59 bits per heavy atom. The molecule has 112 valence electrons.